The van der Waals surface area contributed by atoms with E-state index in [0.717, 1.165) is 0 Å². The molecule has 9 nitrogen and oxygen atoms in total. The summed E-state index contributed by atoms with van der Waals surface area (Å²) in [6.07, 6.45) is 0.336. The van der Waals surface area contributed by atoms with E-state index in [4.69, 9.17) is 14.2 Å². The van der Waals surface area contributed by atoms with E-state index in [1.807, 2.05) is 0 Å². The minimum atomic E-state index is -2.62. The van der Waals surface area contributed by atoms with Crippen LogP contribution in [0.15, 0.2) is 4.52 Å². The molecule has 3 heterocycles. The number of hydrogen-bond acceptors (Lipinski definition) is 7. The van der Waals surface area contributed by atoms with Crippen molar-refractivity contribution in [3.05, 3.63) is 11.7 Å². The van der Waals surface area contributed by atoms with Gasteiger partial charge in [0.05, 0.1) is 12.6 Å². The van der Waals surface area contributed by atoms with Crippen molar-refractivity contribution in [1.82, 2.24) is 19.9 Å². The Balaban J connectivity index is 1.43. The number of alkyl halides is 2. The summed E-state index contributed by atoms with van der Waals surface area (Å²) in [4.78, 5) is 33.9. The van der Waals surface area contributed by atoms with E-state index >= 15 is 0 Å². The van der Waals surface area contributed by atoms with Gasteiger partial charge in [0, 0.05) is 43.7 Å². The number of amides is 2. The highest BCUT2D eigenvalue weighted by molar-refractivity contribution is 5.86. The van der Waals surface area contributed by atoms with Crippen molar-refractivity contribution >= 4 is 12.0 Å². The van der Waals surface area contributed by atoms with Crippen LogP contribution < -0.4 is 0 Å². The number of aromatic nitrogens is 2. The third-order valence-corrected chi connectivity index (χ3v) is 8.22. The van der Waals surface area contributed by atoms with E-state index in [2.05, 4.69) is 19.0 Å². The van der Waals surface area contributed by atoms with Gasteiger partial charge in [0.2, 0.25) is 17.7 Å². The molecule has 2 atom stereocenters. The Morgan fingerprint density at radius 3 is 2.32 bits per heavy atom. The summed E-state index contributed by atoms with van der Waals surface area (Å²) in [7, 11) is 0. The molecule has 1 aromatic heterocycles. The fourth-order valence-corrected chi connectivity index (χ4v) is 5.86. The number of ether oxygens (including phenoxy) is 1. The van der Waals surface area contributed by atoms with Crippen LogP contribution in [0.25, 0.3) is 0 Å². The molecule has 2 saturated heterocycles. The lowest BCUT2D eigenvalue weighted by molar-refractivity contribution is -0.138. The van der Waals surface area contributed by atoms with Crippen LogP contribution in [0.2, 0.25) is 0 Å². The summed E-state index contributed by atoms with van der Waals surface area (Å²) in [5, 5.41) is 14.5. The van der Waals surface area contributed by atoms with Crippen molar-refractivity contribution in [1.29, 1.82) is 0 Å². The van der Waals surface area contributed by atoms with Gasteiger partial charge in [0.1, 0.15) is 11.6 Å². The maximum Gasteiger partial charge on any atom is 0.411 e. The van der Waals surface area contributed by atoms with Gasteiger partial charge in [-0.1, -0.05) is 19.0 Å². The summed E-state index contributed by atoms with van der Waals surface area (Å²) in [5.74, 6) is -1.80. The van der Waals surface area contributed by atoms with Crippen molar-refractivity contribution in [2.75, 3.05) is 19.6 Å². The molecular weight excluding hydrogens is 486 g/mol. The van der Waals surface area contributed by atoms with Gasteiger partial charge < -0.3 is 19.3 Å². The molecule has 1 aliphatic carbocycles. The van der Waals surface area contributed by atoms with Crippen molar-refractivity contribution in [2.45, 2.75) is 115 Å². The van der Waals surface area contributed by atoms with Crippen LogP contribution in [-0.4, -0.2) is 80.4 Å². The predicted octanol–water partition coefficient (Wildman–Crippen LogP) is 4.25. The Bertz CT molecular complexity index is 974. The molecule has 2 amide bonds. The molecule has 4 rings (SSSR count). The van der Waals surface area contributed by atoms with Crippen molar-refractivity contribution < 1.29 is 32.7 Å². The van der Waals surface area contributed by atoms with Gasteiger partial charge in [-0.05, 0) is 52.4 Å². The molecule has 2 aliphatic heterocycles. The summed E-state index contributed by atoms with van der Waals surface area (Å²) < 4.78 is 38.2. The van der Waals surface area contributed by atoms with Crippen LogP contribution in [0, 0.1) is 5.92 Å². The second-order valence-corrected chi connectivity index (χ2v) is 12.3. The average Bonchev–Trinajstić information content (AvgIpc) is 3.45. The zero-order valence-corrected chi connectivity index (χ0v) is 22.5. The van der Waals surface area contributed by atoms with E-state index in [1.54, 1.807) is 25.7 Å². The first-order chi connectivity index (χ1) is 17.2. The average molecular weight is 527 g/mol. The summed E-state index contributed by atoms with van der Waals surface area (Å²) in [6, 6.07) is -0.766. The predicted molar refractivity (Wildman–Crippen MR) is 130 cm³/mol. The molecule has 208 valence electrons. The number of hydrogen-bond donors (Lipinski definition) is 1. The van der Waals surface area contributed by atoms with Crippen LogP contribution in [0.5, 0.6) is 0 Å². The number of aliphatic hydroxyl groups excluding tert-OH is 1. The molecular formula is C26H40F2N4O5. The molecule has 0 bridgehead atoms. The van der Waals surface area contributed by atoms with Gasteiger partial charge in [-0.2, -0.15) is 4.98 Å². The first kappa shape index (κ1) is 27.7. The van der Waals surface area contributed by atoms with Gasteiger partial charge in [-0.15, -0.1) is 0 Å². The summed E-state index contributed by atoms with van der Waals surface area (Å²) in [6.45, 7) is 10.4. The zero-order valence-electron chi connectivity index (χ0n) is 22.5. The SMILES string of the molecule is CC(C)C1(c2noc(C3CCC(F)(F)CC3)n2)CCN(C(=O)[C@@H]2C[C@H](O)CN2C(=O)OC(C)(C)C)CC1. The number of rotatable bonds is 4. The second kappa shape index (κ2) is 10.1. The monoisotopic (exact) mass is 526 g/mol. The number of carbonyl (C=O) groups excluding carboxylic acids is 2. The molecule has 0 unspecified atom stereocenters. The number of carbonyl (C=O) groups is 2. The first-order valence-electron chi connectivity index (χ1n) is 13.4. The highest BCUT2D eigenvalue weighted by Gasteiger charge is 2.48. The van der Waals surface area contributed by atoms with Crippen LogP contribution in [0.3, 0.4) is 0 Å². The molecule has 0 aromatic carbocycles. The second-order valence-electron chi connectivity index (χ2n) is 12.3. The van der Waals surface area contributed by atoms with Gasteiger partial charge >= 0.3 is 6.09 Å². The van der Waals surface area contributed by atoms with Crippen LogP contribution in [-0.2, 0) is 14.9 Å². The first-order valence-corrected chi connectivity index (χ1v) is 13.4. The summed E-state index contributed by atoms with van der Waals surface area (Å²) >= 11 is 0. The maximum atomic E-state index is 13.6. The largest absolute Gasteiger partial charge is 0.444 e. The maximum absolute atomic E-state index is 13.6. The fourth-order valence-electron chi connectivity index (χ4n) is 5.86. The highest BCUT2D eigenvalue weighted by atomic mass is 19.3. The lowest BCUT2D eigenvalue weighted by Gasteiger charge is -2.43. The Kier molecular flexibility index (Phi) is 7.58. The Morgan fingerprint density at radius 2 is 1.76 bits per heavy atom. The number of β-amino-alcohol motifs (C(OH)–C–C–N with tert-alkyl or cyclic N) is 1. The molecule has 11 heteroatoms. The molecule has 1 aromatic rings. The number of halogens is 2. The van der Waals surface area contributed by atoms with Crippen LogP contribution in [0.4, 0.5) is 13.6 Å². The lowest BCUT2D eigenvalue weighted by Crippen LogP contribution is -2.54. The lowest BCUT2D eigenvalue weighted by atomic mass is 9.69. The normalized spacial score (nSPS) is 26.5. The van der Waals surface area contributed by atoms with E-state index < -0.39 is 35.2 Å². The van der Waals surface area contributed by atoms with Gasteiger partial charge in [-0.25, -0.2) is 13.6 Å². The fraction of sp³-hybridized carbons (Fsp3) is 0.846. The quantitative estimate of drug-likeness (QED) is 0.625. The Morgan fingerprint density at radius 1 is 1.14 bits per heavy atom. The van der Waals surface area contributed by atoms with E-state index in [-0.39, 0.29) is 43.6 Å². The van der Waals surface area contributed by atoms with Crippen LogP contribution >= 0.6 is 0 Å². The van der Waals surface area contributed by atoms with Crippen molar-refractivity contribution in [3.8, 4) is 0 Å². The minimum Gasteiger partial charge on any atom is -0.444 e. The summed E-state index contributed by atoms with van der Waals surface area (Å²) in [5.41, 5.74) is -1.11. The van der Waals surface area contributed by atoms with E-state index in [0.29, 0.717) is 50.5 Å². The van der Waals surface area contributed by atoms with E-state index in [1.165, 1.54) is 4.90 Å². The van der Waals surface area contributed by atoms with E-state index in [9.17, 15) is 23.5 Å². The number of likely N-dealkylation sites (tertiary alicyclic amines) is 2. The topological polar surface area (TPSA) is 109 Å². The molecule has 1 N–H and O–H groups in total. The third-order valence-electron chi connectivity index (χ3n) is 8.22. The van der Waals surface area contributed by atoms with Crippen LogP contribution in [0.1, 0.15) is 97.2 Å². The van der Waals surface area contributed by atoms with Crippen molar-refractivity contribution in [3.63, 3.8) is 0 Å². The molecule has 1 saturated carbocycles. The minimum absolute atomic E-state index is 0.0633. The van der Waals surface area contributed by atoms with Gasteiger partial charge in [0.25, 0.3) is 0 Å². The Labute approximate surface area is 216 Å². The Hall–Kier alpha value is -2.30. The van der Waals surface area contributed by atoms with Crippen molar-refractivity contribution in [2.24, 2.45) is 5.92 Å². The highest BCUT2D eigenvalue weighted by Crippen LogP contribution is 2.44. The molecule has 37 heavy (non-hydrogen) atoms. The standard InChI is InChI=1S/C26H40F2N4O5/c1-16(2)25(22-29-20(37-30-22)17-6-8-26(27,28)9-7-17)10-12-31(13-11-25)21(34)19-14-18(33)15-32(19)23(35)36-24(3,4)5/h16-19,33H,6-15H2,1-5H3/t18-,19-/m0/s1. The van der Waals surface area contributed by atoms with Gasteiger partial charge in [-0.3, -0.25) is 9.69 Å². The smallest absolute Gasteiger partial charge is 0.411 e. The molecule has 0 spiro atoms. The number of nitrogens with zero attached hydrogens (tertiary/aromatic N) is 4. The molecule has 0 radical (unpaired) electrons. The number of aliphatic hydroxyl groups is 1. The zero-order chi connectivity index (χ0) is 27.2. The molecule has 3 aliphatic rings. The van der Waals surface area contributed by atoms with Gasteiger partial charge in [0.15, 0.2) is 5.82 Å². The third kappa shape index (κ3) is 5.91. The molecule has 3 fully saturated rings. The number of piperidine rings is 1.